The van der Waals surface area contributed by atoms with Gasteiger partial charge in [0.1, 0.15) is 11.5 Å². The Hall–Kier alpha value is -2.61. The number of para-hydroxylation sites is 1. The average molecular weight is 402 g/mol. The van der Waals surface area contributed by atoms with E-state index < -0.39 is 6.10 Å². The molecule has 0 aromatic heterocycles. The molecule has 0 radical (unpaired) electrons. The molecule has 158 valence electrons. The van der Waals surface area contributed by atoms with Gasteiger partial charge in [0, 0.05) is 12.7 Å². The van der Waals surface area contributed by atoms with E-state index in [9.17, 15) is 9.90 Å². The number of anilines is 1. The summed E-state index contributed by atoms with van der Waals surface area (Å²) in [5.41, 5.74) is 0.638. The van der Waals surface area contributed by atoms with Crippen LogP contribution in [0.15, 0.2) is 54.6 Å². The van der Waals surface area contributed by atoms with E-state index in [0.29, 0.717) is 24.7 Å². The molecule has 7 heteroatoms. The normalized spacial score (nSPS) is 11.9. The fourth-order valence-electron chi connectivity index (χ4n) is 2.46. The maximum Gasteiger partial charge on any atom is 0.321 e. The van der Waals surface area contributed by atoms with Crippen molar-refractivity contribution in [2.45, 2.75) is 26.1 Å². The van der Waals surface area contributed by atoms with Gasteiger partial charge in [-0.3, -0.25) is 0 Å². The Morgan fingerprint density at radius 1 is 1.03 bits per heavy atom. The predicted molar refractivity (Wildman–Crippen MR) is 113 cm³/mol. The number of ether oxygens (including phenoxy) is 3. The van der Waals surface area contributed by atoms with Gasteiger partial charge in [-0.1, -0.05) is 18.2 Å². The number of likely N-dealkylation sites (N-methyl/N-ethyl adjacent to an activating group) is 1. The SMILES string of the molecule is CC(C)OCCOCC(O)CN(C)C(=O)Nc1ccc(Oc2ccccc2)cc1. The highest BCUT2D eigenvalue weighted by molar-refractivity contribution is 5.89. The first kappa shape index (κ1) is 22.7. The zero-order valence-electron chi connectivity index (χ0n) is 17.2. The molecule has 0 heterocycles. The van der Waals surface area contributed by atoms with Gasteiger partial charge < -0.3 is 29.5 Å². The zero-order valence-corrected chi connectivity index (χ0v) is 17.2. The fourth-order valence-corrected chi connectivity index (χ4v) is 2.46. The summed E-state index contributed by atoms with van der Waals surface area (Å²) in [4.78, 5) is 13.7. The lowest BCUT2D eigenvalue weighted by Crippen LogP contribution is -2.39. The van der Waals surface area contributed by atoms with Gasteiger partial charge in [-0.25, -0.2) is 4.79 Å². The Balaban J connectivity index is 1.71. The second kappa shape index (κ2) is 12.1. The minimum Gasteiger partial charge on any atom is -0.457 e. The number of aliphatic hydroxyl groups excluding tert-OH is 1. The van der Waals surface area contributed by atoms with Crippen LogP contribution < -0.4 is 10.1 Å². The summed E-state index contributed by atoms with van der Waals surface area (Å²) in [6, 6.07) is 16.2. The maximum absolute atomic E-state index is 12.3. The Kier molecular flexibility index (Phi) is 9.43. The van der Waals surface area contributed by atoms with Crippen molar-refractivity contribution in [1.29, 1.82) is 0 Å². The molecule has 1 unspecified atom stereocenters. The molecule has 0 aliphatic rings. The summed E-state index contributed by atoms with van der Waals surface area (Å²) in [6.45, 7) is 5.09. The number of aliphatic hydroxyl groups is 1. The molecule has 0 saturated carbocycles. The van der Waals surface area contributed by atoms with Crippen LogP contribution in [0, 0.1) is 0 Å². The largest absolute Gasteiger partial charge is 0.457 e. The summed E-state index contributed by atoms with van der Waals surface area (Å²) in [7, 11) is 1.62. The highest BCUT2D eigenvalue weighted by Crippen LogP contribution is 2.22. The van der Waals surface area contributed by atoms with Crippen LogP contribution in [0.4, 0.5) is 10.5 Å². The third-order valence-corrected chi connectivity index (χ3v) is 3.90. The molecule has 0 bridgehead atoms. The lowest BCUT2D eigenvalue weighted by molar-refractivity contribution is -0.0144. The van der Waals surface area contributed by atoms with Crippen molar-refractivity contribution >= 4 is 11.7 Å². The summed E-state index contributed by atoms with van der Waals surface area (Å²) in [5.74, 6) is 1.42. The number of carbonyl (C=O) groups excluding carboxylic acids is 1. The Morgan fingerprint density at radius 3 is 2.34 bits per heavy atom. The smallest absolute Gasteiger partial charge is 0.321 e. The van der Waals surface area contributed by atoms with Gasteiger partial charge in [-0.05, 0) is 50.2 Å². The highest BCUT2D eigenvalue weighted by Gasteiger charge is 2.14. The van der Waals surface area contributed by atoms with Crippen molar-refractivity contribution in [3.05, 3.63) is 54.6 Å². The molecule has 2 rings (SSSR count). The summed E-state index contributed by atoms with van der Waals surface area (Å²) in [5, 5.41) is 12.8. The van der Waals surface area contributed by atoms with E-state index in [2.05, 4.69) is 5.32 Å². The number of nitrogens with one attached hydrogen (secondary N) is 1. The van der Waals surface area contributed by atoms with E-state index in [1.54, 1.807) is 31.3 Å². The number of urea groups is 1. The topological polar surface area (TPSA) is 80.3 Å². The number of rotatable bonds is 11. The number of benzene rings is 2. The van der Waals surface area contributed by atoms with Crippen molar-refractivity contribution in [2.75, 3.05) is 38.7 Å². The van der Waals surface area contributed by atoms with Gasteiger partial charge in [0.25, 0.3) is 0 Å². The minimum absolute atomic E-state index is 0.143. The summed E-state index contributed by atoms with van der Waals surface area (Å²) >= 11 is 0. The Bertz CT molecular complexity index is 722. The third kappa shape index (κ3) is 8.95. The van der Waals surface area contributed by atoms with Gasteiger partial charge in [0.05, 0.1) is 38.6 Å². The lowest BCUT2D eigenvalue weighted by atomic mass is 10.3. The number of amides is 2. The van der Waals surface area contributed by atoms with Gasteiger partial charge in [-0.2, -0.15) is 0 Å². The van der Waals surface area contributed by atoms with Crippen LogP contribution in [-0.2, 0) is 9.47 Å². The van der Waals surface area contributed by atoms with Crippen LogP contribution in [0.25, 0.3) is 0 Å². The predicted octanol–water partition coefficient (Wildman–Crippen LogP) is 3.75. The molecule has 2 aromatic carbocycles. The second-order valence-corrected chi connectivity index (χ2v) is 6.90. The summed E-state index contributed by atoms with van der Waals surface area (Å²) < 4.78 is 16.4. The first-order valence-corrected chi connectivity index (χ1v) is 9.66. The van der Waals surface area contributed by atoms with E-state index in [-0.39, 0.29) is 25.3 Å². The van der Waals surface area contributed by atoms with Crippen LogP contribution in [0.1, 0.15) is 13.8 Å². The molecule has 0 aliphatic heterocycles. The first-order valence-electron chi connectivity index (χ1n) is 9.66. The standard InChI is InChI=1S/C22H30N2O5/c1-17(2)28-14-13-27-16-19(25)15-24(3)22(26)23-18-9-11-21(12-10-18)29-20-7-5-4-6-8-20/h4-12,17,19,25H,13-16H2,1-3H3,(H,23,26). The van der Waals surface area contributed by atoms with E-state index in [1.165, 1.54) is 4.90 Å². The molecule has 0 saturated heterocycles. The molecule has 2 N–H and O–H groups in total. The van der Waals surface area contributed by atoms with E-state index in [4.69, 9.17) is 14.2 Å². The van der Waals surface area contributed by atoms with E-state index in [1.807, 2.05) is 44.2 Å². The van der Waals surface area contributed by atoms with Gasteiger partial charge in [0.15, 0.2) is 0 Å². The van der Waals surface area contributed by atoms with Crippen LogP contribution in [0.2, 0.25) is 0 Å². The molecule has 0 fully saturated rings. The van der Waals surface area contributed by atoms with Gasteiger partial charge >= 0.3 is 6.03 Å². The number of hydrogen-bond acceptors (Lipinski definition) is 5. The Labute approximate surface area is 172 Å². The molecule has 1 atom stereocenters. The van der Waals surface area contributed by atoms with Crippen molar-refractivity contribution in [3.63, 3.8) is 0 Å². The number of carbonyl (C=O) groups is 1. The molecule has 0 spiro atoms. The molecular formula is C22H30N2O5. The maximum atomic E-state index is 12.3. The number of hydrogen-bond donors (Lipinski definition) is 2. The van der Waals surface area contributed by atoms with Gasteiger partial charge in [-0.15, -0.1) is 0 Å². The minimum atomic E-state index is -0.772. The quantitative estimate of drug-likeness (QED) is 0.560. The lowest BCUT2D eigenvalue weighted by Gasteiger charge is -2.21. The van der Waals surface area contributed by atoms with Crippen molar-refractivity contribution in [3.8, 4) is 11.5 Å². The molecule has 2 aromatic rings. The molecular weight excluding hydrogens is 372 g/mol. The van der Waals surface area contributed by atoms with E-state index in [0.717, 1.165) is 5.75 Å². The average Bonchev–Trinajstić information content (AvgIpc) is 2.69. The summed E-state index contributed by atoms with van der Waals surface area (Å²) in [6.07, 6.45) is -0.622. The fraction of sp³-hybridized carbons (Fsp3) is 0.409. The van der Waals surface area contributed by atoms with Crippen LogP contribution >= 0.6 is 0 Å². The van der Waals surface area contributed by atoms with Crippen molar-refractivity contribution < 1.29 is 24.1 Å². The monoisotopic (exact) mass is 402 g/mol. The second-order valence-electron chi connectivity index (χ2n) is 6.90. The van der Waals surface area contributed by atoms with Crippen LogP contribution in [-0.4, -0.2) is 61.7 Å². The van der Waals surface area contributed by atoms with Crippen molar-refractivity contribution in [1.82, 2.24) is 4.90 Å². The molecule has 2 amide bonds. The molecule has 0 aliphatic carbocycles. The van der Waals surface area contributed by atoms with Gasteiger partial charge in [0.2, 0.25) is 0 Å². The van der Waals surface area contributed by atoms with Crippen molar-refractivity contribution in [2.24, 2.45) is 0 Å². The third-order valence-electron chi connectivity index (χ3n) is 3.90. The van der Waals surface area contributed by atoms with Crippen LogP contribution in [0.3, 0.4) is 0 Å². The molecule has 29 heavy (non-hydrogen) atoms. The Morgan fingerprint density at radius 2 is 1.69 bits per heavy atom. The zero-order chi connectivity index (χ0) is 21.1. The van der Waals surface area contributed by atoms with Crippen LogP contribution in [0.5, 0.6) is 11.5 Å². The number of nitrogens with zero attached hydrogens (tertiary/aromatic N) is 1. The van der Waals surface area contributed by atoms with E-state index >= 15 is 0 Å². The highest BCUT2D eigenvalue weighted by atomic mass is 16.5. The first-order chi connectivity index (χ1) is 13.9. The molecule has 7 nitrogen and oxygen atoms in total.